The fraction of sp³-hybridized carbons (Fsp3) is 0.583. The van der Waals surface area contributed by atoms with Crippen molar-refractivity contribution in [2.24, 2.45) is 5.41 Å². The van der Waals surface area contributed by atoms with Gasteiger partial charge in [0.1, 0.15) is 5.82 Å². The minimum Gasteiger partial charge on any atom is -0.381 e. The number of H-pyrrole nitrogens is 1. The number of aromatic amines is 1. The second kappa shape index (κ2) is 4.06. The van der Waals surface area contributed by atoms with Gasteiger partial charge in [0, 0.05) is 18.6 Å². The summed E-state index contributed by atoms with van der Waals surface area (Å²) < 4.78 is 5.45. The molecular formula is C12H18N6O. The Morgan fingerprint density at radius 2 is 2.26 bits per heavy atom. The summed E-state index contributed by atoms with van der Waals surface area (Å²) in [7, 11) is 1.75. The molecule has 1 saturated carbocycles. The summed E-state index contributed by atoms with van der Waals surface area (Å²) in [6, 6.07) is 0.296. The van der Waals surface area contributed by atoms with Crippen LogP contribution in [0.1, 0.15) is 20.3 Å². The van der Waals surface area contributed by atoms with Gasteiger partial charge in [0.15, 0.2) is 5.65 Å². The minimum absolute atomic E-state index is 0.0600. The highest BCUT2D eigenvalue weighted by Gasteiger charge is 2.48. The third-order valence-electron chi connectivity index (χ3n) is 4.10. The predicted octanol–water partition coefficient (Wildman–Crippen LogP) is 1.16. The van der Waals surface area contributed by atoms with Gasteiger partial charge in [-0.15, -0.1) is 0 Å². The molecule has 0 radical (unpaired) electrons. The SMILES string of the molecule is COC1CC(Nc2nc(N)nc3[nH]ncc23)C1(C)C. The molecule has 19 heavy (non-hydrogen) atoms. The highest BCUT2D eigenvalue weighted by molar-refractivity contribution is 5.87. The van der Waals surface area contributed by atoms with Gasteiger partial charge in [-0.2, -0.15) is 15.1 Å². The Morgan fingerprint density at radius 3 is 2.95 bits per heavy atom. The van der Waals surface area contributed by atoms with Crippen LogP contribution in [0.4, 0.5) is 11.8 Å². The number of nitrogen functional groups attached to an aromatic ring is 1. The highest BCUT2D eigenvalue weighted by Crippen LogP contribution is 2.44. The molecule has 0 bridgehead atoms. The molecule has 0 spiro atoms. The van der Waals surface area contributed by atoms with Crippen LogP contribution in [0.15, 0.2) is 6.20 Å². The van der Waals surface area contributed by atoms with Gasteiger partial charge < -0.3 is 15.8 Å². The standard InChI is InChI=1S/C12H18N6O/c1-12(2)7(4-8(12)19-3)15-9-6-5-14-18-10(6)17-11(13)16-9/h5,7-8H,4H2,1-3H3,(H4,13,14,15,16,17,18). The number of rotatable bonds is 3. The topological polar surface area (TPSA) is 102 Å². The zero-order valence-electron chi connectivity index (χ0n) is 11.3. The number of ether oxygens (including phenoxy) is 1. The molecule has 7 heteroatoms. The molecule has 2 heterocycles. The largest absolute Gasteiger partial charge is 0.381 e. The fourth-order valence-electron chi connectivity index (χ4n) is 2.66. The van der Waals surface area contributed by atoms with Gasteiger partial charge in [-0.3, -0.25) is 5.10 Å². The lowest BCUT2D eigenvalue weighted by atomic mass is 9.64. The number of nitrogens with one attached hydrogen (secondary N) is 2. The number of methoxy groups -OCH3 is 1. The van der Waals surface area contributed by atoms with Gasteiger partial charge >= 0.3 is 0 Å². The number of fused-ring (bicyclic) bond motifs is 1. The van der Waals surface area contributed by atoms with E-state index in [2.05, 4.69) is 39.3 Å². The van der Waals surface area contributed by atoms with E-state index >= 15 is 0 Å². The van der Waals surface area contributed by atoms with Crippen molar-refractivity contribution in [3.63, 3.8) is 0 Å². The number of hydrogen-bond acceptors (Lipinski definition) is 6. The van der Waals surface area contributed by atoms with Crippen molar-refractivity contribution in [1.82, 2.24) is 20.2 Å². The Hall–Kier alpha value is -1.89. The molecule has 2 unspecified atom stereocenters. The molecule has 0 amide bonds. The van der Waals surface area contributed by atoms with Gasteiger partial charge in [-0.25, -0.2) is 0 Å². The number of nitrogens with two attached hydrogens (primary N) is 1. The summed E-state index contributed by atoms with van der Waals surface area (Å²) in [4.78, 5) is 8.37. The molecule has 2 aromatic heterocycles. The van der Waals surface area contributed by atoms with Gasteiger partial charge in [0.05, 0.1) is 17.7 Å². The molecule has 1 fully saturated rings. The summed E-state index contributed by atoms with van der Waals surface area (Å²) in [6.07, 6.45) is 2.92. The Bertz CT molecular complexity index is 607. The molecule has 3 rings (SSSR count). The molecular weight excluding hydrogens is 244 g/mol. The Labute approximate surface area is 111 Å². The van der Waals surface area contributed by atoms with Crippen LogP contribution in [0, 0.1) is 5.41 Å². The maximum atomic E-state index is 5.71. The molecule has 0 aliphatic heterocycles. The predicted molar refractivity (Wildman–Crippen MR) is 72.7 cm³/mol. The molecule has 102 valence electrons. The minimum atomic E-state index is 0.0600. The van der Waals surface area contributed by atoms with Crippen molar-refractivity contribution in [3.05, 3.63) is 6.20 Å². The van der Waals surface area contributed by atoms with Crippen LogP contribution in [-0.4, -0.2) is 39.4 Å². The van der Waals surface area contributed by atoms with E-state index in [0.29, 0.717) is 11.7 Å². The lowest BCUT2D eigenvalue weighted by Gasteiger charge is -2.51. The molecule has 7 nitrogen and oxygen atoms in total. The van der Waals surface area contributed by atoms with E-state index < -0.39 is 0 Å². The zero-order chi connectivity index (χ0) is 13.6. The summed E-state index contributed by atoms with van der Waals surface area (Å²) in [5.41, 5.74) is 6.41. The van der Waals surface area contributed by atoms with Crippen LogP contribution < -0.4 is 11.1 Å². The second-order valence-corrected chi connectivity index (χ2v) is 5.54. The van der Waals surface area contributed by atoms with E-state index in [1.54, 1.807) is 13.3 Å². The van der Waals surface area contributed by atoms with Crippen molar-refractivity contribution in [1.29, 1.82) is 0 Å². The summed E-state index contributed by atoms with van der Waals surface area (Å²) >= 11 is 0. The van der Waals surface area contributed by atoms with Crippen molar-refractivity contribution in [3.8, 4) is 0 Å². The van der Waals surface area contributed by atoms with Crippen LogP contribution in [0.2, 0.25) is 0 Å². The van der Waals surface area contributed by atoms with E-state index in [1.165, 1.54) is 0 Å². The van der Waals surface area contributed by atoms with E-state index in [9.17, 15) is 0 Å². The summed E-state index contributed by atoms with van der Waals surface area (Å²) in [5, 5.41) is 11.1. The first-order valence-corrected chi connectivity index (χ1v) is 6.28. The van der Waals surface area contributed by atoms with Crippen molar-refractivity contribution in [2.75, 3.05) is 18.2 Å². The van der Waals surface area contributed by atoms with Crippen LogP contribution >= 0.6 is 0 Å². The maximum absolute atomic E-state index is 5.71. The third kappa shape index (κ3) is 1.81. The average molecular weight is 262 g/mol. The quantitative estimate of drug-likeness (QED) is 0.767. The fourth-order valence-corrected chi connectivity index (χ4v) is 2.66. The van der Waals surface area contributed by atoms with Gasteiger partial charge in [0.25, 0.3) is 0 Å². The van der Waals surface area contributed by atoms with Crippen LogP contribution in [-0.2, 0) is 4.74 Å². The normalized spacial score (nSPS) is 25.2. The second-order valence-electron chi connectivity index (χ2n) is 5.54. The van der Waals surface area contributed by atoms with Crippen LogP contribution in [0.3, 0.4) is 0 Å². The van der Waals surface area contributed by atoms with Gasteiger partial charge in [0.2, 0.25) is 5.95 Å². The maximum Gasteiger partial charge on any atom is 0.224 e. The highest BCUT2D eigenvalue weighted by atomic mass is 16.5. The number of aromatic nitrogens is 4. The Balaban J connectivity index is 1.88. The first-order chi connectivity index (χ1) is 9.02. The summed E-state index contributed by atoms with van der Waals surface area (Å²) in [5.74, 6) is 0.962. The first kappa shape index (κ1) is 12.2. The van der Waals surface area contributed by atoms with E-state index in [0.717, 1.165) is 17.6 Å². The molecule has 2 atom stereocenters. The van der Waals surface area contributed by atoms with Crippen molar-refractivity contribution < 1.29 is 4.74 Å². The van der Waals surface area contributed by atoms with Crippen molar-refractivity contribution >= 4 is 22.8 Å². The molecule has 4 N–H and O–H groups in total. The Morgan fingerprint density at radius 1 is 1.47 bits per heavy atom. The summed E-state index contributed by atoms with van der Waals surface area (Å²) in [6.45, 7) is 4.36. The molecule has 0 saturated heterocycles. The molecule has 2 aromatic rings. The van der Waals surface area contributed by atoms with Gasteiger partial charge in [-0.1, -0.05) is 13.8 Å². The molecule has 1 aliphatic carbocycles. The lowest BCUT2D eigenvalue weighted by molar-refractivity contribution is -0.0795. The monoisotopic (exact) mass is 262 g/mol. The smallest absolute Gasteiger partial charge is 0.224 e. The van der Waals surface area contributed by atoms with Crippen LogP contribution in [0.25, 0.3) is 11.0 Å². The third-order valence-corrected chi connectivity index (χ3v) is 4.10. The molecule has 1 aliphatic rings. The Kier molecular flexibility index (Phi) is 2.60. The molecule has 0 aromatic carbocycles. The number of anilines is 2. The first-order valence-electron chi connectivity index (χ1n) is 6.28. The average Bonchev–Trinajstić information content (AvgIpc) is 2.81. The van der Waals surface area contributed by atoms with E-state index in [-0.39, 0.29) is 17.5 Å². The van der Waals surface area contributed by atoms with E-state index in [1.807, 2.05) is 0 Å². The zero-order valence-corrected chi connectivity index (χ0v) is 11.3. The van der Waals surface area contributed by atoms with E-state index in [4.69, 9.17) is 10.5 Å². The number of nitrogens with zero attached hydrogens (tertiary/aromatic N) is 3. The lowest BCUT2D eigenvalue weighted by Crippen LogP contribution is -2.57. The van der Waals surface area contributed by atoms with Crippen molar-refractivity contribution in [2.45, 2.75) is 32.4 Å². The number of hydrogen-bond donors (Lipinski definition) is 3. The van der Waals surface area contributed by atoms with Gasteiger partial charge in [-0.05, 0) is 6.42 Å². The van der Waals surface area contributed by atoms with Crippen LogP contribution in [0.5, 0.6) is 0 Å².